The van der Waals surface area contributed by atoms with Crippen molar-refractivity contribution in [2.24, 2.45) is 22.7 Å². The maximum absolute atomic E-state index is 15.1. The van der Waals surface area contributed by atoms with Crippen molar-refractivity contribution in [3.05, 3.63) is 102 Å². The number of sulfonamides is 1. The number of carbonyl (C=O) groups excluding carboxylic acids is 4. The number of aromatic nitrogens is 2. The highest BCUT2D eigenvalue weighted by Crippen LogP contribution is 2.57. The third-order valence-corrected chi connectivity index (χ3v) is 14.4. The Bertz CT molecular complexity index is 2800. The van der Waals surface area contributed by atoms with E-state index in [4.69, 9.17) is 9.15 Å². The van der Waals surface area contributed by atoms with Gasteiger partial charge in [0.1, 0.15) is 17.2 Å². The summed E-state index contributed by atoms with van der Waals surface area (Å²) in [4.78, 5) is 66.9. The number of carbonyl (C=O) groups is 4. The van der Waals surface area contributed by atoms with Gasteiger partial charge in [0.05, 0.1) is 28.8 Å². The van der Waals surface area contributed by atoms with Crippen LogP contribution >= 0.6 is 0 Å². The van der Waals surface area contributed by atoms with Crippen molar-refractivity contribution >= 4 is 55.6 Å². The second-order valence-electron chi connectivity index (χ2n) is 18.1. The fraction of sp³-hybridized carbons (Fsp3) is 0.404. The molecule has 0 unspecified atom stereocenters. The zero-order valence-electron chi connectivity index (χ0n) is 35.7. The van der Waals surface area contributed by atoms with Gasteiger partial charge < -0.3 is 19.4 Å². The minimum Gasteiger partial charge on any atom is -0.470 e. The van der Waals surface area contributed by atoms with Crippen LogP contribution in [0.5, 0.6) is 5.88 Å². The van der Waals surface area contributed by atoms with Crippen LogP contribution in [0.2, 0.25) is 0 Å². The Labute approximate surface area is 367 Å². The van der Waals surface area contributed by atoms with Crippen molar-refractivity contribution in [3.8, 4) is 17.3 Å². The van der Waals surface area contributed by atoms with E-state index in [0.717, 1.165) is 12.1 Å². The summed E-state index contributed by atoms with van der Waals surface area (Å²) in [6, 6.07) is 17.2. The predicted molar refractivity (Wildman–Crippen MR) is 231 cm³/mol. The highest BCUT2D eigenvalue weighted by molar-refractivity contribution is 7.90. The lowest BCUT2D eigenvalue weighted by molar-refractivity contribution is -0.144. The van der Waals surface area contributed by atoms with Crippen LogP contribution in [0.4, 0.5) is 13.2 Å². The molecule has 3 amide bonds. The molecule has 5 atom stereocenters. The number of furan rings is 1. The van der Waals surface area contributed by atoms with Crippen LogP contribution in [-0.4, -0.2) is 77.8 Å². The summed E-state index contributed by atoms with van der Waals surface area (Å²) in [5, 5.41) is 2.54. The number of benzene rings is 3. The maximum atomic E-state index is 15.1. The molecule has 13 nitrogen and oxygen atoms in total. The molecule has 336 valence electrons. The molecule has 0 radical (unpaired) electrons. The van der Waals surface area contributed by atoms with Crippen molar-refractivity contribution in [3.63, 3.8) is 0 Å². The zero-order valence-corrected chi connectivity index (χ0v) is 36.5. The smallest absolute Gasteiger partial charge is 0.416 e. The Morgan fingerprint density at radius 3 is 2.38 bits per heavy atom. The van der Waals surface area contributed by atoms with Crippen molar-refractivity contribution < 1.29 is 49.9 Å². The molecule has 2 aliphatic carbocycles. The molecular formula is C47H48F3N5O8S. The molecule has 0 spiro atoms. The normalized spacial score (nSPS) is 21.7. The molecule has 64 heavy (non-hydrogen) atoms. The topological polar surface area (TPSA) is 178 Å². The number of nitrogens with zero attached hydrogens (tertiary/aromatic N) is 3. The van der Waals surface area contributed by atoms with Crippen LogP contribution in [0.3, 0.4) is 0 Å². The number of para-hydroxylation sites is 1. The predicted octanol–water partition coefficient (Wildman–Crippen LogP) is 7.43. The van der Waals surface area contributed by atoms with Crippen LogP contribution < -0.4 is 14.8 Å². The van der Waals surface area contributed by atoms with E-state index in [1.165, 1.54) is 30.2 Å². The molecule has 5 aromatic rings. The van der Waals surface area contributed by atoms with Gasteiger partial charge in [0.25, 0.3) is 11.8 Å². The Balaban J connectivity index is 1.16. The van der Waals surface area contributed by atoms with Gasteiger partial charge in [-0.25, -0.2) is 13.4 Å². The van der Waals surface area contributed by atoms with Crippen LogP contribution in [-0.2, 0) is 37.0 Å². The Hall–Kier alpha value is -6.10. The number of rotatable bonds is 14. The fourth-order valence-corrected chi connectivity index (χ4v) is 10.0. The Morgan fingerprint density at radius 2 is 1.73 bits per heavy atom. The van der Waals surface area contributed by atoms with Gasteiger partial charge in [-0.1, -0.05) is 63.2 Å². The molecule has 8 rings (SSSR count). The third-order valence-electron chi connectivity index (χ3n) is 12.6. The number of alkyl halides is 3. The van der Waals surface area contributed by atoms with Crippen molar-refractivity contribution in [1.82, 2.24) is 24.9 Å². The lowest BCUT2D eigenvalue weighted by Crippen LogP contribution is -2.48. The number of fused-ring (bicyclic) bond motifs is 3. The fourth-order valence-electron chi connectivity index (χ4n) is 8.66. The van der Waals surface area contributed by atoms with Crippen LogP contribution in [0.15, 0.2) is 89.9 Å². The number of hydrogen-bond donors (Lipinski definition) is 2. The summed E-state index contributed by atoms with van der Waals surface area (Å²) in [7, 11) is -2.41. The first-order chi connectivity index (χ1) is 30.2. The Kier molecular flexibility index (Phi) is 11.5. The van der Waals surface area contributed by atoms with E-state index in [9.17, 15) is 36.0 Å². The monoisotopic (exact) mass is 899 g/mol. The van der Waals surface area contributed by atoms with E-state index in [1.54, 1.807) is 42.5 Å². The molecule has 3 aromatic carbocycles. The molecule has 2 saturated carbocycles. The number of amides is 3. The number of hydrogen-bond acceptors (Lipinski definition) is 10. The number of ketones is 1. The van der Waals surface area contributed by atoms with E-state index in [0.29, 0.717) is 40.5 Å². The third kappa shape index (κ3) is 8.73. The number of likely N-dealkylation sites (tertiary alicyclic amines) is 1. The molecule has 3 heterocycles. The van der Waals surface area contributed by atoms with Gasteiger partial charge in [0.2, 0.25) is 27.4 Å². The second-order valence-corrected chi connectivity index (χ2v) is 20.1. The van der Waals surface area contributed by atoms with Crippen molar-refractivity contribution in [2.75, 3.05) is 13.6 Å². The molecule has 3 fully saturated rings. The van der Waals surface area contributed by atoms with E-state index in [2.05, 4.69) is 26.6 Å². The highest BCUT2D eigenvalue weighted by Gasteiger charge is 2.61. The SMILES string of the molecule is C=C[C@@H]1C[C@]1(CC(=O)[C@@H]1C[C@@H](Oc2nc(-c3ccc(C(F)(F)F)cc3)nc3c2oc2ccccc23)CN1C(=O)[C@@H](Cc1cccc(C(=O)NC)c1)C(C)(C)C)C(=O)NS(=O)(=O)C1CC1. The summed E-state index contributed by atoms with van der Waals surface area (Å²) in [5.41, 5.74) is -0.590. The summed E-state index contributed by atoms with van der Waals surface area (Å²) >= 11 is 0. The first-order valence-corrected chi connectivity index (χ1v) is 22.6. The van der Waals surface area contributed by atoms with Gasteiger partial charge in [-0.05, 0) is 79.0 Å². The molecule has 17 heteroatoms. The van der Waals surface area contributed by atoms with Gasteiger partial charge in [0, 0.05) is 42.3 Å². The highest BCUT2D eigenvalue weighted by atomic mass is 32.2. The van der Waals surface area contributed by atoms with E-state index in [1.807, 2.05) is 26.8 Å². The van der Waals surface area contributed by atoms with Crippen molar-refractivity contribution in [2.45, 2.75) is 82.9 Å². The molecule has 2 aromatic heterocycles. The van der Waals surface area contributed by atoms with Crippen LogP contribution in [0.25, 0.3) is 33.5 Å². The summed E-state index contributed by atoms with van der Waals surface area (Å²) in [5.74, 6) is -3.15. The molecule has 1 aliphatic heterocycles. The lowest BCUT2D eigenvalue weighted by atomic mass is 9.76. The number of halogens is 3. The zero-order chi connectivity index (χ0) is 45.9. The van der Waals surface area contributed by atoms with Crippen molar-refractivity contribution in [1.29, 1.82) is 0 Å². The summed E-state index contributed by atoms with van der Waals surface area (Å²) in [6.07, 6.45) is -3.07. The molecule has 0 bridgehead atoms. The van der Waals surface area contributed by atoms with Gasteiger partial charge in [0.15, 0.2) is 11.6 Å². The first-order valence-electron chi connectivity index (χ1n) is 21.1. The van der Waals surface area contributed by atoms with Gasteiger partial charge in [-0.2, -0.15) is 18.2 Å². The Morgan fingerprint density at radius 1 is 1.02 bits per heavy atom. The molecule has 2 N–H and O–H groups in total. The average molecular weight is 900 g/mol. The standard InChI is InChI=1S/C47H48F3N5O8S/c1-6-29-23-46(29,44(59)54-64(60,61)32-18-19-32)24-36(56)35-22-31(25-55(35)43(58)34(45(2,3)4)21-26-10-9-11-28(20-26)41(57)51-5)62-42-39-38(33-12-7-8-13-37(33)63-39)52-40(53-42)27-14-16-30(17-15-27)47(48,49)50/h6-17,20,29,31-32,34-35H,1,18-19,21-25H2,2-5H3,(H,51,57)(H,54,59)/t29-,31-,34-,35+,46-/m1/s1. The van der Waals surface area contributed by atoms with Crippen LogP contribution in [0.1, 0.15) is 74.4 Å². The summed E-state index contributed by atoms with van der Waals surface area (Å²) in [6.45, 7) is 9.42. The second kappa shape index (κ2) is 16.5. The maximum Gasteiger partial charge on any atom is 0.416 e. The minimum atomic E-state index is -4.57. The van der Waals surface area contributed by atoms with Gasteiger partial charge in [-0.15, -0.1) is 6.58 Å². The molecule has 1 saturated heterocycles. The number of ether oxygens (including phenoxy) is 1. The number of Topliss-reactive ketones (excluding diaryl/α,β-unsaturated/α-hetero) is 1. The van der Waals surface area contributed by atoms with E-state index < -0.39 is 73.5 Å². The summed E-state index contributed by atoms with van der Waals surface area (Å²) < 4.78 is 81.3. The minimum absolute atomic E-state index is 0.0476. The van der Waals surface area contributed by atoms with Gasteiger partial charge >= 0.3 is 6.18 Å². The first kappa shape index (κ1) is 44.5. The molecular weight excluding hydrogens is 852 g/mol. The average Bonchev–Trinajstić information content (AvgIpc) is 4.16. The largest absolute Gasteiger partial charge is 0.470 e. The van der Waals surface area contributed by atoms with Gasteiger partial charge in [-0.3, -0.25) is 23.9 Å². The lowest BCUT2D eigenvalue weighted by Gasteiger charge is -2.35. The quantitative estimate of drug-likeness (QED) is 0.107. The number of nitrogens with one attached hydrogen (secondary N) is 2. The number of allylic oxidation sites excluding steroid dienone is 1. The molecule has 3 aliphatic rings. The van der Waals surface area contributed by atoms with Crippen LogP contribution in [0, 0.1) is 22.7 Å². The van der Waals surface area contributed by atoms with E-state index >= 15 is 4.79 Å². The van der Waals surface area contributed by atoms with E-state index in [-0.39, 0.29) is 66.9 Å².